The minimum atomic E-state index is -1.90. The molecule has 1 radical (unpaired) electrons. The normalized spacial score (nSPS) is 13.3. The molecule has 1 heterocycles. The van der Waals surface area contributed by atoms with E-state index in [1.165, 1.54) is 12.3 Å². The first-order chi connectivity index (χ1) is 10.3. The summed E-state index contributed by atoms with van der Waals surface area (Å²) in [6.07, 6.45) is 2.52. The van der Waals surface area contributed by atoms with E-state index in [-0.39, 0.29) is 16.2 Å². The highest BCUT2D eigenvalue weighted by Gasteiger charge is 2.41. The molecule has 0 fully saturated rings. The summed E-state index contributed by atoms with van der Waals surface area (Å²) in [6, 6.07) is 1.37. The van der Waals surface area contributed by atoms with Crippen LogP contribution < -0.4 is 0 Å². The summed E-state index contributed by atoms with van der Waals surface area (Å²) < 4.78 is 20.7. The molecule has 0 atom stereocenters. The summed E-state index contributed by atoms with van der Waals surface area (Å²) >= 11 is 0. The molecule has 0 unspecified atom stereocenters. The maximum Gasteiger partial charge on any atom is 0.192 e. The Morgan fingerprint density at radius 3 is 2.35 bits per heavy atom. The average Bonchev–Trinajstić information content (AvgIpc) is 2.34. The number of Topliss-reactive ketones (excluding diaryl/α,β-unsaturated/α-hetero) is 1. The van der Waals surface area contributed by atoms with Gasteiger partial charge in [-0.3, -0.25) is 9.78 Å². The molecule has 129 valence electrons. The molecule has 3 nitrogen and oxygen atoms in total. The number of hydrogen-bond donors (Lipinski definition) is 0. The monoisotopic (exact) mass is 338 g/mol. The van der Waals surface area contributed by atoms with E-state index in [1.54, 1.807) is 0 Å². The number of nitrogens with zero attached hydrogens (tertiary/aromatic N) is 1. The number of carbonyl (C=O) groups excluding carboxylic acids is 1. The third-order valence-corrected chi connectivity index (χ3v) is 9.24. The number of aryl methyl sites for hydroxylation is 1. The number of ketones is 1. The van der Waals surface area contributed by atoms with Crippen LogP contribution in [0.1, 0.15) is 57.1 Å². The van der Waals surface area contributed by atoms with Crippen LogP contribution in [0.4, 0.5) is 4.39 Å². The van der Waals surface area contributed by atoms with E-state index < -0.39 is 19.9 Å². The zero-order valence-corrected chi connectivity index (χ0v) is 16.4. The Morgan fingerprint density at radius 1 is 1.30 bits per heavy atom. The van der Waals surface area contributed by atoms with Crippen molar-refractivity contribution in [1.29, 1.82) is 0 Å². The Balaban J connectivity index is 2.85. The molecule has 0 spiro atoms. The lowest BCUT2D eigenvalue weighted by molar-refractivity contribution is 0.0821. The standard InChI is InChI=1S/C18H29FNO2Si/c1-13(21)14-10-12-20-15(16(14)19)9-11-18(5,6)22-23(7,8)17(2,3)4/h10,12H,1,9,11H2,2-8H3. The van der Waals surface area contributed by atoms with Crippen LogP contribution in [-0.4, -0.2) is 24.7 Å². The van der Waals surface area contributed by atoms with Crippen molar-refractivity contribution in [2.75, 3.05) is 0 Å². The number of halogens is 1. The van der Waals surface area contributed by atoms with Crippen molar-refractivity contribution in [2.24, 2.45) is 0 Å². The molecule has 0 saturated carbocycles. The van der Waals surface area contributed by atoms with E-state index in [4.69, 9.17) is 4.43 Å². The largest absolute Gasteiger partial charge is 0.412 e. The van der Waals surface area contributed by atoms with Gasteiger partial charge in [-0.1, -0.05) is 20.8 Å². The molecule has 5 heteroatoms. The Labute approximate surface area is 140 Å². The van der Waals surface area contributed by atoms with E-state index in [9.17, 15) is 9.18 Å². The van der Waals surface area contributed by atoms with Crippen molar-refractivity contribution in [3.8, 4) is 0 Å². The number of pyridine rings is 1. The predicted octanol–water partition coefficient (Wildman–Crippen LogP) is 4.97. The Kier molecular flexibility index (Phi) is 5.92. The summed E-state index contributed by atoms with van der Waals surface area (Å²) in [4.78, 5) is 15.4. The second-order valence-corrected chi connectivity index (χ2v) is 12.9. The summed E-state index contributed by atoms with van der Waals surface area (Å²) in [5.41, 5.74) is -0.0776. The van der Waals surface area contributed by atoms with Crippen LogP contribution in [0.15, 0.2) is 12.3 Å². The Bertz CT molecular complexity index is 577. The van der Waals surface area contributed by atoms with Crippen LogP contribution >= 0.6 is 0 Å². The molecule has 0 amide bonds. The number of hydrogen-bond acceptors (Lipinski definition) is 3. The highest BCUT2D eigenvalue weighted by Crippen LogP contribution is 2.40. The highest BCUT2D eigenvalue weighted by atomic mass is 28.4. The molecule has 0 aliphatic rings. The van der Waals surface area contributed by atoms with E-state index >= 15 is 0 Å². The fraction of sp³-hybridized carbons (Fsp3) is 0.611. The van der Waals surface area contributed by atoms with Gasteiger partial charge in [0.25, 0.3) is 0 Å². The molecule has 0 aliphatic heterocycles. The third-order valence-electron chi connectivity index (χ3n) is 4.56. The van der Waals surface area contributed by atoms with E-state index in [1.807, 2.05) is 13.8 Å². The quantitative estimate of drug-likeness (QED) is 0.543. The zero-order valence-electron chi connectivity index (χ0n) is 15.4. The first kappa shape index (κ1) is 20.0. The van der Waals surface area contributed by atoms with Gasteiger partial charge in [0.1, 0.15) is 0 Å². The molecule has 0 saturated heterocycles. The van der Waals surface area contributed by atoms with Crippen LogP contribution in [-0.2, 0) is 10.8 Å². The number of carbonyl (C=O) groups is 1. The molecule has 1 aromatic heterocycles. The van der Waals surface area contributed by atoms with Crippen LogP contribution in [0.2, 0.25) is 18.1 Å². The summed E-state index contributed by atoms with van der Waals surface area (Å²) in [5, 5.41) is 0.119. The van der Waals surface area contributed by atoms with Gasteiger partial charge >= 0.3 is 0 Å². The molecule has 0 aliphatic carbocycles. The van der Waals surface area contributed by atoms with Crippen molar-refractivity contribution in [1.82, 2.24) is 4.98 Å². The van der Waals surface area contributed by atoms with Crippen molar-refractivity contribution in [2.45, 2.75) is 71.2 Å². The predicted molar refractivity (Wildman–Crippen MR) is 94.6 cm³/mol. The van der Waals surface area contributed by atoms with Crippen molar-refractivity contribution < 1.29 is 13.6 Å². The van der Waals surface area contributed by atoms with Gasteiger partial charge in [-0.15, -0.1) is 0 Å². The lowest BCUT2D eigenvalue weighted by Crippen LogP contribution is -2.47. The molecule has 0 bridgehead atoms. The van der Waals surface area contributed by atoms with Gasteiger partial charge in [-0.25, -0.2) is 4.39 Å². The van der Waals surface area contributed by atoms with E-state index in [2.05, 4.69) is 45.8 Å². The molecule has 1 aromatic rings. The fourth-order valence-electron chi connectivity index (χ4n) is 2.19. The minimum Gasteiger partial charge on any atom is -0.412 e. The SMILES string of the molecule is [CH2]C(=O)c1ccnc(CCC(C)(C)O[Si](C)(C)C(C)(C)C)c1F. The van der Waals surface area contributed by atoms with E-state index in [0.29, 0.717) is 18.5 Å². The molecular weight excluding hydrogens is 309 g/mol. The summed E-state index contributed by atoms with van der Waals surface area (Å²) in [6.45, 7) is 18.3. The lowest BCUT2D eigenvalue weighted by atomic mass is 10.00. The van der Waals surface area contributed by atoms with Crippen LogP contribution in [0.3, 0.4) is 0 Å². The lowest BCUT2D eigenvalue weighted by Gasteiger charge is -2.43. The summed E-state index contributed by atoms with van der Waals surface area (Å²) in [7, 11) is -1.90. The molecule has 0 N–H and O–H groups in total. The van der Waals surface area contributed by atoms with Gasteiger partial charge in [0, 0.05) is 13.1 Å². The molecule has 0 aromatic carbocycles. The first-order valence-electron chi connectivity index (χ1n) is 7.97. The summed E-state index contributed by atoms with van der Waals surface area (Å²) in [5.74, 6) is -1.08. The number of rotatable bonds is 6. The Morgan fingerprint density at radius 2 is 1.87 bits per heavy atom. The maximum absolute atomic E-state index is 14.3. The average molecular weight is 339 g/mol. The molecule has 1 rings (SSSR count). The second-order valence-electron chi connectivity index (χ2n) is 8.16. The van der Waals surface area contributed by atoms with E-state index in [0.717, 1.165) is 0 Å². The molecule has 23 heavy (non-hydrogen) atoms. The topological polar surface area (TPSA) is 39.2 Å². The minimum absolute atomic E-state index is 0.00174. The van der Waals surface area contributed by atoms with Gasteiger partial charge in [-0.05, 0) is 50.9 Å². The first-order valence-corrected chi connectivity index (χ1v) is 10.9. The Hall–Kier alpha value is -1.07. The third kappa shape index (κ3) is 5.21. The fourth-order valence-corrected chi connectivity index (χ4v) is 3.98. The van der Waals surface area contributed by atoms with Crippen molar-refractivity contribution in [3.05, 3.63) is 36.3 Å². The van der Waals surface area contributed by atoms with Gasteiger partial charge in [0.15, 0.2) is 19.9 Å². The van der Waals surface area contributed by atoms with Crippen LogP contribution in [0, 0.1) is 12.7 Å². The number of aromatic nitrogens is 1. The van der Waals surface area contributed by atoms with Crippen LogP contribution in [0.5, 0.6) is 0 Å². The zero-order chi connectivity index (χ0) is 18.1. The van der Waals surface area contributed by atoms with Gasteiger partial charge < -0.3 is 4.43 Å². The van der Waals surface area contributed by atoms with Crippen molar-refractivity contribution in [3.63, 3.8) is 0 Å². The highest BCUT2D eigenvalue weighted by molar-refractivity contribution is 6.74. The maximum atomic E-state index is 14.3. The van der Waals surface area contributed by atoms with Gasteiger partial charge in [0.2, 0.25) is 0 Å². The second kappa shape index (κ2) is 6.81. The smallest absolute Gasteiger partial charge is 0.192 e. The van der Waals surface area contributed by atoms with Gasteiger partial charge in [0.05, 0.1) is 16.9 Å². The van der Waals surface area contributed by atoms with Gasteiger partial charge in [-0.2, -0.15) is 0 Å². The van der Waals surface area contributed by atoms with Crippen molar-refractivity contribution >= 4 is 14.1 Å². The molecular formula is C18H29FNO2Si. The van der Waals surface area contributed by atoms with Crippen LogP contribution in [0.25, 0.3) is 0 Å².